The van der Waals surface area contributed by atoms with E-state index in [1.54, 1.807) is 6.07 Å². The lowest BCUT2D eigenvalue weighted by Crippen LogP contribution is -2.47. The Bertz CT molecular complexity index is 724. The van der Waals surface area contributed by atoms with Gasteiger partial charge in [0.15, 0.2) is 0 Å². The first-order valence-corrected chi connectivity index (χ1v) is 9.50. The van der Waals surface area contributed by atoms with Gasteiger partial charge in [0.1, 0.15) is 18.2 Å². The summed E-state index contributed by atoms with van der Waals surface area (Å²) in [5, 5.41) is 0. The average Bonchev–Trinajstić information content (AvgIpc) is 2.63. The zero-order valence-corrected chi connectivity index (χ0v) is 16.0. The Kier molecular flexibility index (Phi) is 6.15. The van der Waals surface area contributed by atoms with Crippen molar-refractivity contribution in [2.75, 3.05) is 44.2 Å². The van der Waals surface area contributed by atoms with Gasteiger partial charge in [-0.25, -0.2) is 4.39 Å². The molecule has 4 heteroatoms. The number of hydrogen-bond donors (Lipinski definition) is 0. The highest BCUT2D eigenvalue weighted by atomic mass is 19.1. The monoisotopic (exact) mass is 356 g/mol. The Morgan fingerprint density at radius 2 is 1.77 bits per heavy atom. The van der Waals surface area contributed by atoms with Gasteiger partial charge < -0.3 is 9.64 Å². The molecule has 26 heavy (non-hydrogen) atoms. The van der Waals surface area contributed by atoms with Gasteiger partial charge in [0, 0.05) is 32.7 Å². The van der Waals surface area contributed by atoms with E-state index in [-0.39, 0.29) is 5.82 Å². The molecule has 0 radical (unpaired) electrons. The van der Waals surface area contributed by atoms with Crippen LogP contribution >= 0.6 is 0 Å². The zero-order valence-electron chi connectivity index (χ0n) is 16.0. The van der Waals surface area contributed by atoms with Crippen molar-refractivity contribution in [3.63, 3.8) is 0 Å². The molecule has 0 saturated carbocycles. The molecule has 2 aromatic carbocycles. The Morgan fingerprint density at radius 3 is 2.46 bits per heavy atom. The summed E-state index contributed by atoms with van der Waals surface area (Å²) in [6, 6.07) is 13.5. The molecule has 2 aromatic rings. The molecule has 1 fully saturated rings. The lowest BCUT2D eigenvalue weighted by molar-refractivity contribution is 0.199. The van der Waals surface area contributed by atoms with Gasteiger partial charge >= 0.3 is 0 Å². The van der Waals surface area contributed by atoms with E-state index in [9.17, 15) is 4.39 Å². The third kappa shape index (κ3) is 4.55. The number of para-hydroxylation sites is 1. The van der Waals surface area contributed by atoms with E-state index in [0.717, 1.165) is 38.5 Å². The molecule has 3 nitrogen and oxygen atoms in total. The summed E-state index contributed by atoms with van der Waals surface area (Å²) in [6.45, 7) is 11.6. The lowest BCUT2D eigenvalue weighted by atomic mass is 10.0. The van der Waals surface area contributed by atoms with Crippen molar-refractivity contribution in [2.45, 2.75) is 26.7 Å². The lowest BCUT2D eigenvalue weighted by Gasteiger charge is -2.36. The van der Waals surface area contributed by atoms with Gasteiger partial charge in [-0.15, -0.1) is 0 Å². The second kappa shape index (κ2) is 8.54. The quantitative estimate of drug-likeness (QED) is 0.760. The van der Waals surface area contributed by atoms with Gasteiger partial charge in [-0.3, -0.25) is 4.90 Å². The second-order valence-corrected chi connectivity index (χ2v) is 7.32. The van der Waals surface area contributed by atoms with Crippen LogP contribution in [0.1, 0.15) is 30.9 Å². The van der Waals surface area contributed by atoms with Crippen LogP contribution in [-0.2, 0) is 0 Å². The van der Waals surface area contributed by atoms with Crippen LogP contribution in [0.3, 0.4) is 0 Å². The average molecular weight is 356 g/mol. The molecule has 0 aromatic heterocycles. The van der Waals surface area contributed by atoms with E-state index in [4.69, 9.17) is 4.74 Å². The van der Waals surface area contributed by atoms with E-state index in [1.807, 2.05) is 12.1 Å². The third-order valence-electron chi connectivity index (χ3n) is 5.02. The number of halogens is 1. The number of ether oxygens (including phenoxy) is 1. The summed E-state index contributed by atoms with van der Waals surface area (Å²) >= 11 is 0. The molecule has 1 aliphatic rings. The maximum atomic E-state index is 13.9. The normalized spacial score (nSPS) is 15.5. The fourth-order valence-electron chi connectivity index (χ4n) is 3.45. The van der Waals surface area contributed by atoms with E-state index in [0.29, 0.717) is 18.2 Å². The molecule has 1 aliphatic heterocycles. The number of aryl methyl sites for hydroxylation is 1. The van der Waals surface area contributed by atoms with Crippen LogP contribution < -0.4 is 9.64 Å². The Hall–Kier alpha value is -2.07. The van der Waals surface area contributed by atoms with Crippen LogP contribution in [0.15, 0.2) is 42.5 Å². The molecule has 3 rings (SSSR count). The van der Waals surface area contributed by atoms with Crippen molar-refractivity contribution in [1.82, 2.24) is 4.90 Å². The zero-order chi connectivity index (χ0) is 18.5. The predicted molar refractivity (Wildman–Crippen MR) is 106 cm³/mol. The Morgan fingerprint density at radius 1 is 1.04 bits per heavy atom. The van der Waals surface area contributed by atoms with Crippen LogP contribution in [0.5, 0.6) is 5.75 Å². The van der Waals surface area contributed by atoms with Crippen LogP contribution in [0.25, 0.3) is 0 Å². The van der Waals surface area contributed by atoms with Crippen LogP contribution in [0.2, 0.25) is 0 Å². The molecule has 1 heterocycles. The van der Waals surface area contributed by atoms with Crippen molar-refractivity contribution in [2.24, 2.45) is 0 Å². The minimum absolute atomic E-state index is 0.134. The number of piperazine rings is 1. The molecular weight excluding hydrogens is 327 g/mol. The SMILES string of the molecule is Cc1ccc(C(C)C)c(OCCN2CCN(c3ccccc3F)CC2)c1. The topological polar surface area (TPSA) is 15.7 Å². The fraction of sp³-hybridized carbons (Fsp3) is 0.455. The molecular formula is C22H29FN2O. The number of benzene rings is 2. The highest BCUT2D eigenvalue weighted by Crippen LogP contribution is 2.27. The van der Waals surface area contributed by atoms with E-state index in [1.165, 1.54) is 17.2 Å². The summed E-state index contributed by atoms with van der Waals surface area (Å²) < 4.78 is 20.0. The van der Waals surface area contributed by atoms with Gasteiger partial charge in [-0.2, -0.15) is 0 Å². The first-order valence-electron chi connectivity index (χ1n) is 9.50. The highest BCUT2D eigenvalue weighted by molar-refractivity contribution is 5.48. The summed E-state index contributed by atoms with van der Waals surface area (Å²) in [4.78, 5) is 4.52. The molecule has 0 spiro atoms. The molecule has 0 unspecified atom stereocenters. The van der Waals surface area contributed by atoms with E-state index in [2.05, 4.69) is 48.8 Å². The smallest absolute Gasteiger partial charge is 0.146 e. The minimum atomic E-state index is -0.134. The van der Waals surface area contributed by atoms with Crippen molar-refractivity contribution in [3.05, 3.63) is 59.4 Å². The third-order valence-corrected chi connectivity index (χ3v) is 5.02. The second-order valence-electron chi connectivity index (χ2n) is 7.32. The van der Waals surface area contributed by atoms with Crippen molar-refractivity contribution < 1.29 is 9.13 Å². The van der Waals surface area contributed by atoms with Crippen LogP contribution in [0, 0.1) is 12.7 Å². The van der Waals surface area contributed by atoms with E-state index < -0.39 is 0 Å². The Labute approximate surface area is 156 Å². The van der Waals surface area contributed by atoms with E-state index >= 15 is 0 Å². The number of anilines is 1. The summed E-state index contributed by atoms with van der Waals surface area (Å²) in [5.74, 6) is 1.32. The fourth-order valence-corrected chi connectivity index (χ4v) is 3.45. The van der Waals surface area contributed by atoms with Crippen molar-refractivity contribution in [3.8, 4) is 5.75 Å². The van der Waals surface area contributed by atoms with Crippen molar-refractivity contribution in [1.29, 1.82) is 0 Å². The highest BCUT2D eigenvalue weighted by Gasteiger charge is 2.19. The van der Waals surface area contributed by atoms with Crippen molar-refractivity contribution >= 4 is 5.69 Å². The molecule has 0 amide bonds. The van der Waals surface area contributed by atoms with Gasteiger partial charge in [0.2, 0.25) is 0 Å². The molecule has 0 aliphatic carbocycles. The number of nitrogens with zero attached hydrogens (tertiary/aromatic N) is 2. The largest absolute Gasteiger partial charge is 0.492 e. The maximum absolute atomic E-state index is 13.9. The molecule has 0 atom stereocenters. The molecule has 1 saturated heterocycles. The predicted octanol–water partition coefficient (Wildman–Crippen LogP) is 4.46. The summed E-state index contributed by atoms with van der Waals surface area (Å²) in [5.41, 5.74) is 3.20. The van der Waals surface area contributed by atoms with Crippen LogP contribution in [-0.4, -0.2) is 44.2 Å². The van der Waals surface area contributed by atoms with Gasteiger partial charge in [0.25, 0.3) is 0 Å². The van der Waals surface area contributed by atoms with Crippen LogP contribution in [0.4, 0.5) is 10.1 Å². The molecule has 140 valence electrons. The van der Waals surface area contributed by atoms with Gasteiger partial charge in [-0.1, -0.05) is 38.1 Å². The first-order chi connectivity index (χ1) is 12.5. The maximum Gasteiger partial charge on any atom is 0.146 e. The molecule has 0 N–H and O–H groups in total. The number of rotatable bonds is 6. The standard InChI is InChI=1S/C22H29FN2O/c1-17(2)19-9-8-18(3)16-22(19)26-15-14-24-10-12-25(13-11-24)21-7-5-4-6-20(21)23/h4-9,16-17H,10-15H2,1-3H3. The van der Waals surface area contributed by atoms with Gasteiger partial charge in [0.05, 0.1) is 5.69 Å². The van der Waals surface area contributed by atoms with Gasteiger partial charge in [-0.05, 0) is 42.2 Å². The minimum Gasteiger partial charge on any atom is -0.492 e. The summed E-state index contributed by atoms with van der Waals surface area (Å²) in [6.07, 6.45) is 0. The Balaban J connectivity index is 1.49. The summed E-state index contributed by atoms with van der Waals surface area (Å²) in [7, 11) is 0. The number of hydrogen-bond acceptors (Lipinski definition) is 3. The molecule has 0 bridgehead atoms. The first kappa shape index (κ1) is 18.7.